The SMILES string of the molecule is CCCCCCc1ccc2c(c1)CCN1C[C@H]3CCCN(S(=O)(=O)CCCN)[C@H]3C[C@@H]21. The van der Waals surface area contributed by atoms with Crippen LogP contribution >= 0.6 is 0 Å². The lowest BCUT2D eigenvalue weighted by molar-refractivity contribution is 0.0220. The van der Waals surface area contributed by atoms with Gasteiger partial charge in [-0.1, -0.05) is 44.4 Å². The second-order valence-electron chi connectivity index (χ2n) is 9.88. The van der Waals surface area contributed by atoms with Crippen molar-refractivity contribution < 1.29 is 8.42 Å². The number of benzene rings is 1. The fourth-order valence-electron chi connectivity index (χ4n) is 6.11. The zero-order chi connectivity index (χ0) is 21.8. The number of nitrogens with two attached hydrogens (primary N) is 1. The van der Waals surface area contributed by atoms with Gasteiger partial charge in [0.25, 0.3) is 0 Å². The molecule has 4 rings (SSSR count). The Morgan fingerprint density at radius 2 is 2.00 bits per heavy atom. The number of fused-ring (bicyclic) bond motifs is 4. The van der Waals surface area contributed by atoms with Crippen LogP contribution in [0.4, 0.5) is 0 Å². The van der Waals surface area contributed by atoms with Crippen LogP contribution in [-0.2, 0) is 22.9 Å². The Labute approximate surface area is 189 Å². The third-order valence-corrected chi connectivity index (χ3v) is 9.73. The normalized spacial score (nSPS) is 26.8. The Morgan fingerprint density at radius 3 is 2.81 bits per heavy atom. The van der Waals surface area contributed by atoms with Crippen LogP contribution in [0.1, 0.15) is 81.0 Å². The molecule has 0 aliphatic carbocycles. The Kier molecular flexibility index (Phi) is 7.73. The highest BCUT2D eigenvalue weighted by atomic mass is 32.2. The molecule has 3 atom stereocenters. The zero-order valence-electron chi connectivity index (χ0n) is 19.3. The van der Waals surface area contributed by atoms with Gasteiger partial charge in [0.15, 0.2) is 0 Å². The summed E-state index contributed by atoms with van der Waals surface area (Å²) in [6, 6.07) is 7.65. The van der Waals surface area contributed by atoms with Crippen molar-refractivity contribution in [3.05, 3.63) is 34.9 Å². The molecule has 3 aliphatic heterocycles. The first-order valence-corrected chi connectivity index (χ1v) is 14.2. The van der Waals surface area contributed by atoms with Crippen molar-refractivity contribution in [2.75, 3.05) is 31.9 Å². The Morgan fingerprint density at radius 1 is 1.13 bits per heavy atom. The minimum Gasteiger partial charge on any atom is -0.330 e. The minimum atomic E-state index is -3.22. The van der Waals surface area contributed by atoms with Gasteiger partial charge < -0.3 is 5.73 Å². The number of aryl methyl sites for hydroxylation is 1. The topological polar surface area (TPSA) is 66.6 Å². The van der Waals surface area contributed by atoms with Crippen molar-refractivity contribution in [2.24, 2.45) is 11.7 Å². The van der Waals surface area contributed by atoms with Gasteiger partial charge in [-0.05, 0) is 74.1 Å². The van der Waals surface area contributed by atoms with Gasteiger partial charge in [-0.2, -0.15) is 4.31 Å². The van der Waals surface area contributed by atoms with E-state index in [0.717, 1.165) is 38.8 Å². The first-order chi connectivity index (χ1) is 15.0. The summed E-state index contributed by atoms with van der Waals surface area (Å²) in [6.07, 6.45) is 11.1. The second-order valence-corrected chi connectivity index (χ2v) is 11.9. The predicted molar refractivity (Wildman–Crippen MR) is 128 cm³/mol. The van der Waals surface area contributed by atoms with Crippen LogP contribution in [0.2, 0.25) is 0 Å². The smallest absolute Gasteiger partial charge is 0.214 e. The molecule has 174 valence electrons. The molecule has 5 nitrogen and oxygen atoms in total. The van der Waals surface area contributed by atoms with Crippen molar-refractivity contribution >= 4 is 10.0 Å². The number of rotatable bonds is 9. The van der Waals surface area contributed by atoms with Crippen LogP contribution in [-0.4, -0.2) is 55.6 Å². The summed E-state index contributed by atoms with van der Waals surface area (Å²) in [5, 5.41) is 0. The summed E-state index contributed by atoms with van der Waals surface area (Å²) in [5.74, 6) is 0.663. The number of sulfonamides is 1. The van der Waals surface area contributed by atoms with Gasteiger partial charge in [-0.25, -0.2) is 8.42 Å². The summed E-state index contributed by atoms with van der Waals surface area (Å²) in [7, 11) is -3.22. The second kappa shape index (κ2) is 10.3. The first kappa shape index (κ1) is 23.2. The van der Waals surface area contributed by atoms with Gasteiger partial charge in [0.05, 0.1) is 5.75 Å². The number of hydrogen-bond donors (Lipinski definition) is 1. The maximum atomic E-state index is 13.1. The van der Waals surface area contributed by atoms with E-state index in [1.165, 1.54) is 48.8 Å². The lowest BCUT2D eigenvalue weighted by Crippen LogP contribution is -2.57. The van der Waals surface area contributed by atoms with Crippen molar-refractivity contribution in [2.45, 2.75) is 83.2 Å². The molecule has 1 aromatic rings. The Bertz CT molecular complexity index is 841. The number of unbranched alkanes of at least 4 members (excludes halogenated alkanes) is 3. The molecule has 2 N–H and O–H groups in total. The van der Waals surface area contributed by atoms with E-state index in [2.05, 4.69) is 30.0 Å². The summed E-state index contributed by atoms with van der Waals surface area (Å²) in [6.45, 7) is 5.53. The van der Waals surface area contributed by atoms with E-state index < -0.39 is 10.0 Å². The lowest BCUT2D eigenvalue weighted by atomic mass is 9.77. The summed E-state index contributed by atoms with van der Waals surface area (Å²) < 4.78 is 28.0. The maximum absolute atomic E-state index is 13.1. The third-order valence-electron chi connectivity index (χ3n) is 7.76. The molecule has 2 fully saturated rings. The molecule has 0 aromatic heterocycles. The van der Waals surface area contributed by atoms with E-state index in [-0.39, 0.29) is 11.8 Å². The first-order valence-electron chi connectivity index (χ1n) is 12.6. The van der Waals surface area contributed by atoms with E-state index in [0.29, 0.717) is 31.5 Å². The fraction of sp³-hybridized carbons (Fsp3) is 0.760. The van der Waals surface area contributed by atoms with E-state index in [4.69, 9.17) is 5.73 Å². The number of piperidine rings is 2. The van der Waals surface area contributed by atoms with Crippen molar-refractivity contribution in [1.82, 2.24) is 9.21 Å². The minimum absolute atomic E-state index is 0.150. The van der Waals surface area contributed by atoms with Gasteiger partial charge in [0.2, 0.25) is 10.0 Å². The van der Waals surface area contributed by atoms with Gasteiger partial charge in [0.1, 0.15) is 0 Å². The Hall–Kier alpha value is -0.950. The molecule has 2 saturated heterocycles. The van der Waals surface area contributed by atoms with E-state index >= 15 is 0 Å². The molecule has 0 saturated carbocycles. The molecule has 31 heavy (non-hydrogen) atoms. The molecular formula is C25H41N3O2S. The zero-order valence-corrected chi connectivity index (χ0v) is 20.1. The number of nitrogens with zero attached hydrogens (tertiary/aromatic N) is 2. The molecule has 6 heteroatoms. The molecule has 0 unspecified atom stereocenters. The fourth-order valence-corrected chi connectivity index (χ4v) is 7.95. The van der Waals surface area contributed by atoms with Crippen LogP contribution in [0.5, 0.6) is 0 Å². The predicted octanol–water partition coefficient (Wildman–Crippen LogP) is 3.87. The van der Waals surface area contributed by atoms with Crippen LogP contribution < -0.4 is 5.73 Å². The maximum Gasteiger partial charge on any atom is 0.214 e. The largest absolute Gasteiger partial charge is 0.330 e. The lowest BCUT2D eigenvalue weighted by Gasteiger charge is -2.51. The monoisotopic (exact) mass is 447 g/mol. The summed E-state index contributed by atoms with van der Waals surface area (Å²) in [5.41, 5.74) is 10.0. The van der Waals surface area contributed by atoms with Crippen LogP contribution in [0, 0.1) is 5.92 Å². The average molecular weight is 448 g/mol. The van der Waals surface area contributed by atoms with Gasteiger partial charge in [-0.15, -0.1) is 0 Å². The molecule has 3 heterocycles. The molecule has 0 spiro atoms. The summed E-state index contributed by atoms with van der Waals surface area (Å²) in [4.78, 5) is 2.64. The molecule has 0 bridgehead atoms. The number of hydrogen-bond acceptors (Lipinski definition) is 4. The molecule has 0 radical (unpaired) electrons. The molecule has 0 amide bonds. The quantitative estimate of drug-likeness (QED) is 0.584. The van der Waals surface area contributed by atoms with Gasteiger partial charge in [-0.3, -0.25) is 4.90 Å². The molecule has 3 aliphatic rings. The molecular weight excluding hydrogens is 406 g/mol. The summed E-state index contributed by atoms with van der Waals surface area (Å²) >= 11 is 0. The van der Waals surface area contributed by atoms with E-state index in [1.54, 1.807) is 0 Å². The van der Waals surface area contributed by atoms with E-state index in [1.807, 2.05) is 4.31 Å². The van der Waals surface area contributed by atoms with Gasteiger partial charge in [0, 0.05) is 31.7 Å². The van der Waals surface area contributed by atoms with E-state index in [9.17, 15) is 8.42 Å². The highest BCUT2D eigenvalue weighted by molar-refractivity contribution is 7.89. The molecule has 1 aromatic carbocycles. The highest BCUT2D eigenvalue weighted by Gasteiger charge is 2.45. The average Bonchev–Trinajstić information content (AvgIpc) is 2.78. The highest BCUT2D eigenvalue weighted by Crippen LogP contribution is 2.43. The van der Waals surface area contributed by atoms with Crippen LogP contribution in [0.15, 0.2) is 18.2 Å². The van der Waals surface area contributed by atoms with Crippen molar-refractivity contribution in [3.8, 4) is 0 Å². The van der Waals surface area contributed by atoms with Crippen LogP contribution in [0.25, 0.3) is 0 Å². The standard InChI is InChI=1S/C25H41N3O2S/c1-2-3-4-5-8-20-10-11-23-21(17-20)12-15-27-19-22-9-6-14-28(24(22)18-25(23)27)31(29,30)16-7-13-26/h10-11,17,22,24-25H,2-9,12-16,18-19,26H2,1H3/t22-,24+,25+/m1/s1. The van der Waals surface area contributed by atoms with Crippen molar-refractivity contribution in [1.29, 1.82) is 0 Å². The van der Waals surface area contributed by atoms with Crippen molar-refractivity contribution in [3.63, 3.8) is 0 Å². The Balaban J connectivity index is 1.50. The van der Waals surface area contributed by atoms with Crippen LogP contribution in [0.3, 0.4) is 0 Å². The van der Waals surface area contributed by atoms with Gasteiger partial charge >= 0.3 is 0 Å². The third kappa shape index (κ3) is 5.18.